The number of rotatable bonds is 52. The van der Waals surface area contributed by atoms with Crippen LogP contribution in [-0.4, -0.2) is 140 Å². The van der Waals surface area contributed by atoms with Crippen LogP contribution in [0.1, 0.15) is 251 Å². The number of allylic oxidation sites excluding steroid dienone is 11. The molecule has 2 aliphatic heterocycles. The fourth-order valence-electron chi connectivity index (χ4n) is 10.4. The SMILES string of the molecule is CC/C=C\C/C=C\C/C=C\CCCCCCCC(=O)NC(COC1OC(CO)C(OC2OC(CO)C(O)C(O)C2O)C(O)C1O)C(O)/C=C/CC/C=C/CC/C=C/CCCCCCCCCCCCCCCCCCCCCCCC. The normalized spacial score (nSPS) is 24.6. The summed E-state index contributed by atoms with van der Waals surface area (Å²) < 4.78 is 22.8. The van der Waals surface area contributed by atoms with Crippen molar-refractivity contribution >= 4 is 5.91 Å². The van der Waals surface area contributed by atoms with Gasteiger partial charge in [-0.1, -0.05) is 241 Å². The van der Waals surface area contributed by atoms with Gasteiger partial charge in [-0.3, -0.25) is 4.79 Å². The van der Waals surface area contributed by atoms with Gasteiger partial charge >= 0.3 is 0 Å². The Balaban J connectivity index is 1.70. The van der Waals surface area contributed by atoms with Crippen LogP contribution in [0.5, 0.6) is 0 Å². The molecule has 2 saturated heterocycles. The summed E-state index contributed by atoms with van der Waals surface area (Å²) in [5, 5.41) is 87.1. The average Bonchev–Trinajstić information content (AvgIpc) is 3.47. The third kappa shape index (κ3) is 36.8. The topological polar surface area (TPSA) is 228 Å². The van der Waals surface area contributed by atoms with E-state index >= 15 is 0 Å². The van der Waals surface area contributed by atoms with E-state index in [2.05, 4.69) is 79.9 Å². The maximum atomic E-state index is 13.2. The molecule has 9 N–H and O–H groups in total. The molecule has 12 atom stereocenters. The van der Waals surface area contributed by atoms with Crippen molar-refractivity contribution in [2.24, 2.45) is 0 Å². The summed E-state index contributed by atoms with van der Waals surface area (Å²) in [6.07, 6.45) is 52.6. The summed E-state index contributed by atoms with van der Waals surface area (Å²) in [5.41, 5.74) is 0. The molecule has 2 rings (SSSR count). The second kappa shape index (κ2) is 51.8. The molecule has 0 aromatic heterocycles. The van der Waals surface area contributed by atoms with Crippen LogP contribution in [0.25, 0.3) is 0 Å². The molecular formula is C67H119NO13. The number of aliphatic hydroxyl groups excluding tert-OH is 8. The lowest BCUT2D eigenvalue weighted by molar-refractivity contribution is -0.359. The Morgan fingerprint density at radius 1 is 0.457 bits per heavy atom. The van der Waals surface area contributed by atoms with Crippen molar-refractivity contribution < 1.29 is 64.6 Å². The number of aliphatic hydroxyl groups is 8. The molecule has 2 aliphatic rings. The van der Waals surface area contributed by atoms with Crippen molar-refractivity contribution in [1.82, 2.24) is 5.32 Å². The van der Waals surface area contributed by atoms with Gasteiger partial charge in [0.05, 0.1) is 32.0 Å². The molecule has 14 nitrogen and oxygen atoms in total. The number of hydrogen-bond donors (Lipinski definition) is 9. The van der Waals surface area contributed by atoms with Crippen LogP contribution in [0.2, 0.25) is 0 Å². The molecule has 12 unspecified atom stereocenters. The first-order chi connectivity index (χ1) is 39.6. The van der Waals surface area contributed by atoms with Crippen molar-refractivity contribution in [3.63, 3.8) is 0 Å². The molecule has 14 heteroatoms. The molecule has 0 aromatic rings. The van der Waals surface area contributed by atoms with E-state index in [-0.39, 0.29) is 18.9 Å². The highest BCUT2D eigenvalue weighted by molar-refractivity contribution is 5.76. The van der Waals surface area contributed by atoms with E-state index < -0.39 is 86.8 Å². The summed E-state index contributed by atoms with van der Waals surface area (Å²) in [5.74, 6) is -0.272. The third-order valence-corrected chi connectivity index (χ3v) is 15.6. The highest BCUT2D eigenvalue weighted by atomic mass is 16.7. The minimum atomic E-state index is -1.80. The Kier molecular flexibility index (Phi) is 47.7. The van der Waals surface area contributed by atoms with Gasteiger partial charge in [0.25, 0.3) is 0 Å². The van der Waals surface area contributed by atoms with Gasteiger partial charge in [0, 0.05) is 6.42 Å². The average molecular weight is 1150 g/mol. The third-order valence-electron chi connectivity index (χ3n) is 15.6. The second-order valence-electron chi connectivity index (χ2n) is 22.8. The van der Waals surface area contributed by atoms with Crippen LogP contribution in [0.3, 0.4) is 0 Å². The first-order valence-electron chi connectivity index (χ1n) is 32.7. The van der Waals surface area contributed by atoms with Gasteiger partial charge in [-0.25, -0.2) is 0 Å². The number of hydrogen-bond acceptors (Lipinski definition) is 13. The number of unbranched alkanes of at least 4 members (excludes halogenated alkanes) is 29. The van der Waals surface area contributed by atoms with Crippen molar-refractivity contribution in [3.8, 4) is 0 Å². The maximum absolute atomic E-state index is 13.2. The van der Waals surface area contributed by atoms with Gasteiger partial charge in [0.1, 0.15) is 48.8 Å². The Hall–Kier alpha value is -2.57. The number of ether oxygens (including phenoxy) is 4. The van der Waals surface area contributed by atoms with E-state index in [0.29, 0.717) is 12.8 Å². The van der Waals surface area contributed by atoms with Gasteiger partial charge in [0.15, 0.2) is 12.6 Å². The first-order valence-corrected chi connectivity index (χ1v) is 32.7. The van der Waals surface area contributed by atoms with Gasteiger partial charge in [-0.2, -0.15) is 0 Å². The molecule has 1 amide bonds. The summed E-state index contributed by atoms with van der Waals surface area (Å²) in [6, 6.07) is -0.951. The lowest BCUT2D eigenvalue weighted by atomic mass is 9.97. The van der Waals surface area contributed by atoms with Crippen LogP contribution in [0.15, 0.2) is 72.9 Å². The predicted molar refractivity (Wildman–Crippen MR) is 327 cm³/mol. The van der Waals surface area contributed by atoms with Crippen LogP contribution >= 0.6 is 0 Å². The summed E-state index contributed by atoms with van der Waals surface area (Å²) in [6.45, 7) is 2.66. The lowest BCUT2D eigenvalue weighted by Crippen LogP contribution is -2.65. The van der Waals surface area contributed by atoms with Crippen molar-refractivity contribution in [2.75, 3.05) is 19.8 Å². The number of nitrogens with one attached hydrogen (secondary N) is 1. The molecule has 81 heavy (non-hydrogen) atoms. The van der Waals surface area contributed by atoms with Crippen LogP contribution in [0, 0.1) is 0 Å². The molecule has 0 aliphatic carbocycles. The Morgan fingerprint density at radius 2 is 0.864 bits per heavy atom. The van der Waals surface area contributed by atoms with Crippen molar-refractivity contribution in [3.05, 3.63) is 72.9 Å². The summed E-state index contributed by atoms with van der Waals surface area (Å²) in [4.78, 5) is 13.2. The zero-order valence-electron chi connectivity index (χ0n) is 50.8. The van der Waals surface area contributed by atoms with E-state index in [4.69, 9.17) is 18.9 Å². The smallest absolute Gasteiger partial charge is 0.220 e. The molecule has 0 aromatic carbocycles. The highest BCUT2D eigenvalue weighted by Gasteiger charge is 2.51. The van der Waals surface area contributed by atoms with Crippen molar-refractivity contribution in [1.29, 1.82) is 0 Å². The standard InChI is InChI=1S/C67H119NO13/c1-3-5-7-9-11-13-15-17-19-20-21-22-23-24-25-26-27-28-29-30-31-32-33-34-35-37-38-40-42-44-46-48-50-56(71)55(68-59(72)51-49-47-45-43-41-39-36-18-16-14-12-10-8-6-4-2)54-78-66-64(77)62(75)65(58(53-70)80-66)81-67-63(76)61(74)60(73)57(52-69)79-67/h6,8,12,14,18,34-36,40,42,48,50,55-58,60-67,69-71,73-77H,3-5,7,9-11,13,15-17,19-33,37-39,41,43-47,49,51-54H2,1-2H3,(H,68,72)/b8-6-,14-12-,35-34+,36-18-,42-40+,50-48+. The van der Waals surface area contributed by atoms with Gasteiger partial charge < -0.3 is 65.1 Å². The van der Waals surface area contributed by atoms with E-state index in [1.807, 2.05) is 6.08 Å². The van der Waals surface area contributed by atoms with Crippen LogP contribution in [0.4, 0.5) is 0 Å². The summed E-state index contributed by atoms with van der Waals surface area (Å²) in [7, 11) is 0. The molecule has 2 heterocycles. The minimum Gasteiger partial charge on any atom is -0.394 e. The molecule has 0 bridgehead atoms. The quantitative estimate of drug-likeness (QED) is 0.0204. The molecular weight excluding hydrogens is 1030 g/mol. The Morgan fingerprint density at radius 3 is 1.36 bits per heavy atom. The van der Waals surface area contributed by atoms with Gasteiger partial charge in [0.2, 0.25) is 5.91 Å². The minimum absolute atomic E-state index is 0.247. The lowest BCUT2D eigenvalue weighted by Gasteiger charge is -2.46. The molecule has 0 radical (unpaired) electrons. The zero-order chi connectivity index (χ0) is 58.8. The van der Waals surface area contributed by atoms with Crippen LogP contribution < -0.4 is 5.32 Å². The zero-order valence-corrected chi connectivity index (χ0v) is 50.8. The highest BCUT2D eigenvalue weighted by Crippen LogP contribution is 2.30. The maximum Gasteiger partial charge on any atom is 0.220 e. The molecule has 0 spiro atoms. The first kappa shape index (κ1) is 74.5. The number of amides is 1. The molecule has 0 saturated carbocycles. The number of carbonyl (C=O) groups is 1. The van der Waals surface area contributed by atoms with E-state index in [9.17, 15) is 45.6 Å². The van der Waals surface area contributed by atoms with E-state index in [1.54, 1.807) is 6.08 Å². The van der Waals surface area contributed by atoms with Crippen LogP contribution in [-0.2, 0) is 23.7 Å². The Labute approximate surface area is 491 Å². The molecule has 470 valence electrons. The Bertz CT molecular complexity index is 1630. The predicted octanol–water partition coefficient (Wildman–Crippen LogP) is 12.3. The van der Waals surface area contributed by atoms with Gasteiger partial charge in [-0.05, 0) is 77.0 Å². The fraction of sp³-hybridized carbons (Fsp3) is 0.806. The van der Waals surface area contributed by atoms with Crippen molar-refractivity contribution in [2.45, 2.75) is 325 Å². The number of carbonyl (C=O) groups excluding carboxylic acids is 1. The van der Waals surface area contributed by atoms with Gasteiger partial charge in [-0.15, -0.1) is 0 Å². The fourth-order valence-corrected chi connectivity index (χ4v) is 10.4. The summed E-state index contributed by atoms with van der Waals surface area (Å²) >= 11 is 0. The monoisotopic (exact) mass is 1150 g/mol. The van der Waals surface area contributed by atoms with E-state index in [0.717, 1.165) is 77.0 Å². The second-order valence-corrected chi connectivity index (χ2v) is 22.8. The van der Waals surface area contributed by atoms with E-state index in [1.165, 1.54) is 141 Å². The molecule has 2 fully saturated rings. The largest absolute Gasteiger partial charge is 0.394 e.